The third-order valence-electron chi connectivity index (χ3n) is 13.7. The molecule has 1 heteroatoms. The third kappa shape index (κ3) is 6.87. The van der Waals surface area contributed by atoms with Crippen LogP contribution >= 0.6 is 0 Å². The average Bonchev–Trinajstić information content (AvgIpc) is 3.62. The van der Waals surface area contributed by atoms with Gasteiger partial charge in [0.15, 0.2) is 0 Å². The summed E-state index contributed by atoms with van der Waals surface area (Å²) >= 11 is 0. The summed E-state index contributed by atoms with van der Waals surface area (Å²) in [6, 6.07) is 87.5. The summed E-state index contributed by atoms with van der Waals surface area (Å²) < 4.78 is 0. The summed E-state index contributed by atoms with van der Waals surface area (Å²) in [5.41, 5.74) is 20.3. The van der Waals surface area contributed by atoms with Crippen LogP contribution in [-0.4, -0.2) is 0 Å². The van der Waals surface area contributed by atoms with Crippen LogP contribution in [-0.2, 0) is 10.8 Å². The molecule has 10 aromatic carbocycles. The zero-order valence-electron chi connectivity index (χ0n) is 37.5. The molecule has 0 saturated carbocycles. The fourth-order valence-electron chi connectivity index (χ4n) is 10.4. The van der Waals surface area contributed by atoms with Gasteiger partial charge in [-0.25, -0.2) is 0 Å². The summed E-state index contributed by atoms with van der Waals surface area (Å²) in [6.45, 7) is 9.32. The van der Waals surface area contributed by atoms with Gasteiger partial charge in [0.25, 0.3) is 0 Å². The smallest absolute Gasteiger partial charge is 0.0540 e. The number of benzene rings is 10. The molecule has 1 aliphatic rings. The summed E-state index contributed by atoms with van der Waals surface area (Å²) in [4.78, 5) is 2.54. The van der Waals surface area contributed by atoms with Gasteiger partial charge < -0.3 is 4.90 Å². The molecule has 312 valence electrons. The predicted octanol–water partition coefficient (Wildman–Crippen LogP) is 17.6. The Morgan fingerprint density at radius 2 is 0.846 bits per heavy atom. The van der Waals surface area contributed by atoms with Crippen LogP contribution in [0, 0.1) is 0 Å². The van der Waals surface area contributed by atoms with Crippen LogP contribution in [0.1, 0.15) is 49.9 Å². The molecular formula is C64H51N. The number of nitrogens with zero attached hydrogens (tertiary/aromatic N) is 1. The van der Waals surface area contributed by atoms with E-state index in [4.69, 9.17) is 0 Å². The van der Waals surface area contributed by atoms with E-state index in [0.29, 0.717) is 0 Å². The maximum absolute atomic E-state index is 2.54. The molecule has 1 unspecified atom stereocenters. The maximum Gasteiger partial charge on any atom is 0.0540 e. The van der Waals surface area contributed by atoms with Gasteiger partial charge in [0, 0.05) is 22.1 Å². The molecule has 0 bridgehead atoms. The van der Waals surface area contributed by atoms with Crippen LogP contribution < -0.4 is 4.90 Å². The lowest BCUT2D eigenvalue weighted by molar-refractivity contribution is 0.590. The highest BCUT2D eigenvalue weighted by Gasteiger charge is 2.41. The molecule has 65 heavy (non-hydrogen) atoms. The average molecular weight is 834 g/mol. The molecular weight excluding hydrogens is 783 g/mol. The minimum Gasteiger partial charge on any atom is -0.309 e. The topological polar surface area (TPSA) is 3.24 Å². The Hall–Kier alpha value is -7.74. The van der Waals surface area contributed by atoms with Gasteiger partial charge in [0.1, 0.15) is 0 Å². The highest BCUT2D eigenvalue weighted by molar-refractivity contribution is 6.09. The zero-order valence-corrected chi connectivity index (χ0v) is 37.5. The largest absolute Gasteiger partial charge is 0.309 e. The van der Waals surface area contributed by atoms with Crippen molar-refractivity contribution in [3.05, 3.63) is 259 Å². The minimum atomic E-state index is -0.321. The molecule has 10 aromatic rings. The molecule has 1 atom stereocenters. The van der Waals surface area contributed by atoms with Crippen molar-refractivity contribution in [2.75, 3.05) is 4.90 Å². The van der Waals surface area contributed by atoms with Gasteiger partial charge >= 0.3 is 0 Å². The SMILES string of the molecule is CC(C)(C)c1ccc(N(c2ccccc2-c2ccc3c(c2)C(C)(c2ccccc2)c2ccccc2-3)c2ccccc2-c2cccc3cccc(-c4ccccc4)c23)c(-c2ccccc2)c1. The second-order valence-corrected chi connectivity index (χ2v) is 18.6. The first-order valence-corrected chi connectivity index (χ1v) is 22.8. The number of rotatable bonds is 8. The van der Waals surface area contributed by atoms with E-state index in [-0.39, 0.29) is 10.8 Å². The van der Waals surface area contributed by atoms with E-state index in [1.54, 1.807) is 0 Å². The van der Waals surface area contributed by atoms with Crippen molar-refractivity contribution in [1.29, 1.82) is 0 Å². The van der Waals surface area contributed by atoms with Crippen LogP contribution in [0.2, 0.25) is 0 Å². The van der Waals surface area contributed by atoms with Crippen molar-refractivity contribution < 1.29 is 0 Å². The Morgan fingerprint density at radius 1 is 0.338 bits per heavy atom. The quantitative estimate of drug-likeness (QED) is 0.147. The first-order chi connectivity index (χ1) is 31.8. The van der Waals surface area contributed by atoms with Crippen molar-refractivity contribution in [2.45, 2.75) is 38.5 Å². The van der Waals surface area contributed by atoms with E-state index < -0.39 is 0 Å². The number of anilines is 3. The molecule has 11 rings (SSSR count). The lowest BCUT2D eigenvalue weighted by Crippen LogP contribution is -2.22. The van der Waals surface area contributed by atoms with Crippen LogP contribution in [0.5, 0.6) is 0 Å². The van der Waals surface area contributed by atoms with Crippen molar-refractivity contribution in [3.8, 4) is 55.6 Å². The summed E-state index contributed by atoms with van der Waals surface area (Å²) in [5.74, 6) is 0. The van der Waals surface area contributed by atoms with E-state index in [0.717, 1.165) is 22.6 Å². The van der Waals surface area contributed by atoms with Gasteiger partial charge in [-0.05, 0) is 115 Å². The second kappa shape index (κ2) is 16.1. The number of para-hydroxylation sites is 2. The molecule has 0 fully saturated rings. The third-order valence-corrected chi connectivity index (χ3v) is 13.7. The van der Waals surface area contributed by atoms with Gasteiger partial charge in [0.2, 0.25) is 0 Å². The molecule has 0 saturated heterocycles. The maximum atomic E-state index is 2.54. The molecule has 0 heterocycles. The number of hydrogen-bond donors (Lipinski definition) is 0. The normalized spacial score (nSPS) is 14.2. The van der Waals surface area contributed by atoms with Crippen molar-refractivity contribution >= 4 is 27.8 Å². The molecule has 0 amide bonds. The van der Waals surface area contributed by atoms with E-state index in [1.165, 1.54) is 83.1 Å². The Balaban J connectivity index is 1.19. The predicted molar refractivity (Wildman–Crippen MR) is 277 cm³/mol. The van der Waals surface area contributed by atoms with Crippen molar-refractivity contribution in [1.82, 2.24) is 0 Å². The molecule has 0 aromatic heterocycles. The highest BCUT2D eigenvalue weighted by atomic mass is 15.1. The van der Waals surface area contributed by atoms with Gasteiger partial charge in [-0.15, -0.1) is 0 Å². The van der Waals surface area contributed by atoms with E-state index in [9.17, 15) is 0 Å². The van der Waals surface area contributed by atoms with Gasteiger partial charge in [-0.2, -0.15) is 0 Å². The number of hydrogen-bond acceptors (Lipinski definition) is 1. The fraction of sp³-hybridized carbons (Fsp3) is 0.0938. The minimum absolute atomic E-state index is 0.0487. The molecule has 0 aliphatic heterocycles. The van der Waals surface area contributed by atoms with Gasteiger partial charge in [-0.1, -0.05) is 227 Å². The summed E-state index contributed by atoms with van der Waals surface area (Å²) in [6.07, 6.45) is 0. The van der Waals surface area contributed by atoms with Crippen LogP contribution in [0.25, 0.3) is 66.4 Å². The van der Waals surface area contributed by atoms with Crippen molar-refractivity contribution in [3.63, 3.8) is 0 Å². The molecule has 1 aliphatic carbocycles. The van der Waals surface area contributed by atoms with E-state index in [2.05, 4.69) is 269 Å². The summed E-state index contributed by atoms with van der Waals surface area (Å²) in [7, 11) is 0. The first-order valence-electron chi connectivity index (χ1n) is 22.8. The van der Waals surface area contributed by atoms with Gasteiger partial charge in [-0.3, -0.25) is 0 Å². The summed E-state index contributed by atoms with van der Waals surface area (Å²) in [5, 5.41) is 2.46. The second-order valence-electron chi connectivity index (χ2n) is 18.6. The Labute approximate surface area is 384 Å². The standard InChI is InChI=1S/C64H51N/c1-63(2,3)49-39-41-61(56(43-49)45-24-10-6-11-25-45)65(60-37-19-16-32-54(60)55-34-21-27-46-26-20-33-51(62(46)55)44-22-8-5-9-23-44)59-36-18-15-30-50(59)47-38-40-53-52-31-14-17-35-57(52)64(4,58(53)42-47)48-28-12-7-13-29-48/h5-43H,1-4H3. The first kappa shape index (κ1) is 40.1. The monoisotopic (exact) mass is 833 g/mol. The van der Waals surface area contributed by atoms with Crippen LogP contribution in [0.4, 0.5) is 17.1 Å². The fourth-order valence-corrected chi connectivity index (χ4v) is 10.4. The number of fused-ring (bicyclic) bond motifs is 4. The van der Waals surface area contributed by atoms with Crippen LogP contribution in [0.15, 0.2) is 237 Å². The van der Waals surface area contributed by atoms with E-state index in [1.807, 2.05) is 0 Å². The van der Waals surface area contributed by atoms with Gasteiger partial charge in [0.05, 0.1) is 17.1 Å². The molecule has 0 spiro atoms. The zero-order chi connectivity index (χ0) is 44.1. The van der Waals surface area contributed by atoms with Crippen LogP contribution in [0.3, 0.4) is 0 Å². The molecule has 0 N–H and O–H groups in total. The Kier molecular flexibility index (Phi) is 9.93. The molecule has 1 nitrogen and oxygen atoms in total. The lowest BCUT2D eigenvalue weighted by Gasteiger charge is -2.33. The van der Waals surface area contributed by atoms with E-state index >= 15 is 0 Å². The van der Waals surface area contributed by atoms with Crippen molar-refractivity contribution in [2.24, 2.45) is 0 Å². The Morgan fingerprint density at radius 3 is 1.52 bits per heavy atom. The highest BCUT2D eigenvalue weighted by Crippen LogP contribution is 2.55. The Bertz CT molecular complexity index is 3350. The lowest BCUT2D eigenvalue weighted by atomic mass is 9.74. The molecule has 0 radical (unpaired) electrons.